The van der Waals surface area contributed by atoms with Crippen LogP contribution in [-0.4, -0.2) is 7.05 Å². The van der Waals surface area contributed by atoms with Crippen molar-refractivity contribution in [3.05, 3.63) is 63.6 Å². The van der Waals surface area contributed by atoms with E-state index in [1.807, 2.05) is 6.92 Å². The van der Waals surface area contributed by atoms with Gasteiger partial charge in [0.1, 0.15) is 0 Å². The molecule has 20 heavy (non-hydrogen) atoms. The molecule has 0 saturated heterocycles. The van der Waals surface area contributed by atoms with Crippen LogP contribution in [0.25, 0.3) is 0 Å². The Morgan fingerprint density at radius 1 is 1.20 bits per heavy atom. The Balaban J connectivity index is 2.17. The SMILES string of the molecule is Cc1cccc(CN(C)c2ccc(C(C)N)c(Br)c2)c1. The highest BCUT2D eigenvalue weighted by Gasteiger charge is 2.08. The van der Waals surface area contributed by atoms with Crippen LogP contribution < -0.4 is 10.6 Å². The Bertz CT molecular complexity index is 593. The third-order valence-corrected chi connectivity index (χ3v) is 4.10. The van der Waals surface area contributed by atoms with Gasteiger partial charge in [0.25, 0.3) is 0 Å². The average molecular weight is 333 g/mol. The fourth-order valence-electron chi connectivity index (χ4n) is 2.30. The molecule has 0 spiro atoms. The lowest BCUT2D eigenvalue weighted by Gasteiger charge is -2.21. The van der Waals surface area contributed by atoms with Crippen molar-refractivity contribution >= 4 is 21.6 Å². The molecule has 0 aliphatic carbocycles. The summed E-state index contributed by atoms with van der Waals surface area (Å²) in [4.78, 5) is 2.24. The molecule has 2 N–H and O–H groups in total. The van der Waals surface area contributed by atoms with Crippen LogP contribution in [-0.2, 0) is 6.54 Å². The third kappa shape index (κ3) is 3.62. The molecule has 2 rings (SSSR count). The zero-order valence-electron chi connectivity index (χ0n) is 12.2. The van der Waals surface area contributed by atoms with E-state index in [9.17, 15) is 0 Å². The molecule has 106 valence electrons. The quantitative estimate of drug-likeness (QED) is 0.898. The summed E-state index contributed by atoms with van der Waals surface area (Å²) in [5.74, 6) is 0. The van der Waals surface area contributed by atoms with Crippen LogP contribution in [0.5, 0.6) is 0 Å². The minimum Gasteiger partial charge on any atom is -0.370 e. The summed E-state index contributed by atoms with van der Waals surface area (Å²) >= 11 is 3.61. The van der Waals surface area contributed by atoms with Crippen molar-refractivity contribution in [3.8, 4) is 0 Å². The third-order valence-electron chi connectivity index (χ3n) is 3.42. The molecule has 2 nitrogen and oxygen atoms in total. The molecule has 2 aromatic rings. The Kier molecular flexibility index (Phi) is 4.84. The summed E-state index contributed by atoms with van der Waals surface area (Å²) in [7, 11) is 2.11. The highest BCUT2D eigenvalue weighted by atomic mass is 79.9. The predicted molar refractivity (Wildman–Crippen MR) is 90.0 cm³/mol. The molecule has 0 saturated carbocycles. The number of benzene rings is 2. The Labute approximate surface area is 129 Å². The molecule has 0 fully saturated rings. The van der Waals surface area contributed by atoms with E-state index >= 15 is 0 Å². The summed E-state index contributed by atoms with van der Waals surface area (Å²) in [6, 6.07) is 15.0. The second kappa shape index (κ2) is 6.42. The number of aryl methyl sites for hydroxylation is 1. The first-order valence-corrected chi connectivity index (χ1v) is 7.58. The monoisotopic (exact) mass is 332 g/mol. The van der Waals surface area contributed by atoms with E-state index in [0.29, 0.717) is 0 Å². The van der Waals surface area contributed by atoms with Gasteiger partial charge in [-0.25, -0.2) is 0 Å². The van der Waals surface area contributed by atoms with Crippen LogP contribution in [0.3, 0.4) is 0 Å². The van der Waals surface area contributed by atoms with E-state index in [4.69, 9.17) is 5.73 Å². The number of nitrogens with zero attached hydrogens (tertiary/aromatic N) is 1. The normalized spacial score (nSPS) is 12.2. The molecular formula is C17H21BrN2. The minimum absolute atomic E-state index is 0.0421. The van der Waals surface area contributed by atoms with Crippen LogP contribution in [0.2, 0.25) is 0 Å². The molecule has 0 aliphatic heterocycles. The molecule has 1 atom stereocenters. The van der Waals surface area contributed by atoms with Gasteiger partial charge in [0.05, 0.1) is 0 Å². The zero-order chi connectivity index (χ0) is 14.7. The maximum Gasteiger partial charge on any atom is 0.0426 e. The van der Waals surface area contributed by atoms with Crippen molar-refractivity contribution in [1.29, 1.82) is 0 Å². The lowest BCUT2D eigenvalue weighted by molar-refractivity contribution is 0.812. The summed E-state index contributed by atoms with van der Waals surface area (Å²) in [5, 5.41) is 0. The second-order valence-corrected chi connectivity index (χ2v) is 6.19. The van der Waals surface area contributed by atoms with Crippen molar-refractivity contribution in [3.63, 3.8) is 0 Å². The molecule has 0 aromatic heterocycles. The first-order chi connectivity index (χ1) is 9.47. The molecule has 0 bridgehead atoms. The fourth-order valence-corrected chi connectivity index (χ4v) is 3.03. The van der Waals surface area contributed by atoms with Crippen molar-refractivity contribution in [2.24, 2.45) is 5.73 Å². The number of anilines is 1. The van der Waals surface area contributed by atoms with Gasteiger partial charge in [0, 0.05) is 29.8 Å². The van der Waals surface area contributed by atoms with Gasteiger partial charge in [-0.3, -0.25) is 0 Å². The van der Waals surface area contributed by atoms with Crippen molar-refractivity contribution in [1.82, 2.24) is 0 Å². The number of halogens is 1. The van der Waals surface area contributed by atoms with Crippen LogP contribution in [0, 0.1) is 6.92 Å². The molecule has 0 amide bonds. The van der Waals surface area contributed by atoms with Crippen LogP contribution in [0.4, 0.5) is 5.69 Å². The number of hydrogen-bond donors (Lipinski definition) is 1. The maximum absolute atomic E-state index is 5.94. The van der Waals surface area contributed by atoms with Gasteiger partial charge in [-0.05, 0) is 37.1 Å². The molecule has 3 heteroatoms. The van der Waals surface area contributed by atoms with Gasteiger partial charge in [-0.15, -0.1) is 0 Å². The van der Waals surface area contributed by atoms with Gasteiger partial charge in [0.15, 0.2) is 0 Å². The van der Waals surface area contributed by atoms with E-state index in [1.54, 1.807) is 0 Å². The van der Waals surface area contributed by atoms with Crippen LogP contribution >= 0.6 is 15.9 Å². The van der Waals surface area contributed by atoms with Gasteiger partial charge in [-0.2, -0.15) is 0 Å². The number of hydrogen-bond acceptors (Lipinski definition) is 2. The molecule has 0 aliphatic rings. The Hall–Kier alpha value is -1.32. The van der Waals surface area contributed by atoms with Gasteiger partial charge < -0.3 is 10.6 Å². The lowest BCUT2D eigenvalue weighted by atomic mass is 10.1. The first kappa shape index (κ1) is 15.1. The van der Waals surface area contributed by atoms with Gasteiger partial charge in [0.2, 0.25) is 0 Å². The van der Waals surface area contributed by atoms with E-state index in [-0.39, 0.29) is 6.04 Å². The summed E-state index contributed by atoms with van der Waals surface area (Å²) < 4.78 is 1.07. The first-order valence-electron chi connectivity index (χ1n) is 6.79. The standard InChI is InChI=1S/C17H21BrN2/c1-12-5-4-6-14(9-12)11-20(3)15-7-8-16(13(2)19)17(18)10-15/h4-10,13H,11,19H2,1-3H3. The maximum atomic E-state index is 5.94. The van der Waals surface area contributed by atoms with E-state index in [2.05, 4.69) is 77.3 Å². The number of rotatable bonds is 4. The van der Waals surface area contributed by atoms with Gasteiger partial charge >= 0.3 is 0 Å². The largest absolute Gasteiger partial charge is 0.370 e. The lowest BCUT2D eigenvalue weighted by Crippen LogP contribution is -2.17. The average Bonchev–Trinajstić information content (AvgIpc) is 2.38. The second-order valence-electron chi connectivity index (χ2n) is 5.34. The van der Waals surface area contributed by atoms with E-state index < -0.39 is 0 Å². The topological polar surface area (TPSA) is 29.3 Å². The Morgan fingerprint density at radius 3 is 2.55 bits per heavy atom. The summed E-state index contributed by atoms with van der Waals surface area (Å²) in [6.45, 7) is 5.01. The van der Waals surface area contributed by atoms with Gasteiger partial charge in [-0.1, -0.05) is 51.8 Å². The molecule has 0 heterocycles. The molecule has 2 aromatic carbocycles. The van der Waals surface area contributed by atoms with E-state index in [0.717, 1.165) is 16.6 Å². The fraction of sp³-hybridized carbons (Fsp3) is 0.294. The molecular weight excluding hydrogens is 312 g/mol. The highest BCUT2D eigenvalue weighted by molar-refractivity contribution is 9.10. The summed E-state index contributed by atoms with van der Waals surface area (Å²) in [6.07, 6.45) is 0. The predicted octanol–water partition coefficient (Wildman–Crippen LogP) is 4.41. The summed E-state index contributed by atoms with van der Waals surface area (Å²) in [5.41, 5.74) is 10.9. The molecule has 0 radical (unpaired) electrons. The highest BCUT2D eigenvalue weighted by Crippen LogP contribution is 2.27. The van der Waals surface area contributed by atoms with Crippen molar-refractivity contribution in [2.45, 2.75) is 26.4 Å². The number of nitrogens with two attached hydrogens (primary N) is 1. The zero-order valence-corrected chi connectivity index (χ0v) is 13.8. The smallest absolute Gasteiger partial charge is 0.0426 e. The van der Waals surface area contributed by atoms with Crippen molar-refractivity contribution in [2.75, 3.05) is 11.9 Å². The van der Waals surface area contributed by atoms with Crippen LogP contribution in [0.1, 0.15) is 29.7 Å². The minimum atomic E-state index is 0.0421. The molecule has 1 unspecified atom stereocenters. The van der Waals surface area contributed by atoms with Crippen LogP contribution in [0.15, 0.2) is 46.9 Å². The Morgan fingerprint density at radius 2 is 1.95 bits per heavy atom. The van der Waals surface area contributed by atoms with E-state index in [1.165, 1.54) is 16.8 Å². The van der Waals surface area contributed by atoms with Crippen molar-refractivity contribution < 1.29 is 0 Å².